The molecule has 9 heteroatoms. The highest BCUT2D eigenvalue weighted by atomic mass is 16.5. The Balaban J connectivity index is 1.70. The predicted octanol–water partition coefficient (Wildman–Crippen LogP) is 0.762. The van der Waals surface area contributed by atoms with Crippen molar-refractivity contribution in [2.45, 2.75) is 32.2 Å². The maximum Gasteiger partial charge on any atom is 0.360 e. The molecule has 9 nitrogen and oxygen atoms in total. The SMILES string of the molecule is CCOC(=O)c1coc(N2CCC3(CC2)C(=O)NC(=O)N3CC)n1. The van der Waals surface area contributed by atoms with E-state index in [2.05, 4.69) is 10.3 Å². The van der Waals surface area contributed by atoms with E-state index in [0.717, 1.165) is 0 Å². The van der Waals surface area contributed by atoms with Crippen LogP contribution in [-0.4, -0.2) is 59.6 Å². The Morgan fingerprint density at radius 3 is 2.71 bits per heavy atom. The molecule has 2 saturated heterocycles. The molecular formula is C15H20N4O5. The van der Waals surface area contributed by atoms with Crippen LogP contribution in [0, 0.1) is 0 Å². The highest BCUT2D eigenvalue weighted by molar-refractivity contribution is 6.07. The Morgan fingerprint density at radius 1 is 1.38 bits per heavy atom. The van der Waals surface area contributed by atoms with E-state index in [9.17, 15) is 14.4 Å². The van der Waals surface area contributed by atoms with Gasteiger partial charge in [-0.2, -0.15) is 4.98 Å². The fourth-order valence-electron chi connectivity index (χ4n) is 3.32. The maximum absolute atomic E-state index is 12.2. The number of rotatable bonds is 4. The first-order valence-electron chi connectivity index (χ1n) is 8.02. The molecular weight excluding hydrogens is 316 g/mol. The summed E-state index contributed by atoms with van der Waals surface area (Å²) in [6, 6.07) is -0.0163. The number of urea groups is 1. The van der Waals surface area contributed by atoms with Crippen LogP contribution in [0.2, 0.25) is 0 Å². The normalized spacial score (nSPS) is 19.8. The zero-order chi connectivity index (χ0) is 17.3. The molecule has 2 aliphatic rings. The number of likely N-dealkylation sites (N-methyl/N-ethyl adjacent to an activating group) is 1. The van der Waals surface area contributed by atoms with E-state index in [0.29, 0.717) is 38.5 Å². The minimum atomic E-state index is -0.793. The summed E-state index contributed by atoms with van der Waals surface area (Å²) in [5, 5.41) is 2.40. The lowest BCUT2D eigenvalue weighted by Crippen LogP contribution is -2.56. The van der Waals surface area contributed by atoms with Crippen molar-refractivity contribution in [3.8, 4) is 0 Å². The first kappa shape index (κ1) is 16.3. The second-order valence-corrected chi connectivity index (χ2v) is 5.76. The Labute approximate surface area is 138 Å². The van der Waals surface area contributed by atoms with Crippen LogP contribution in [0.15, 0.2) is 10.7 Å². The van der Waals surface area contributed by atoms with Crippen LogP contribution in [-0.2, 0) is 9.53 Å². The van der Waals surface area contributed by atoms with Gasteiger partial charge >= 0.3 is 12.0 Å². The lowest BCUT2D eigenvalue weighted by Gasteiger charge is -2.41. The molecule has 2 fully saturated rings. The number of nitrogens with one attached hydrogen (secondary N) is 1. The van der Waals surface area contributed by atoms with Gasteiger partial charge in [-0.05, 0) is 26.7 Å². The van der Waals surface area contributed by atoms with Crippen LogP contribution in [0.25, 0.3) is 0 Å². The lowest BCUT2D eigenvalue weighted by atomic mass is 9.86. The fourth-order valence-corrected chi connectivity index (χ4v) is 3.32. The van der Waals surface area contributed by atoms with E-state index < -0.39 is 11.5 Å². The van der Waals surface area contributed by atoms with E-state index in [1.54, 1.807) is 11.8 Å². The highest BCUT2D eigenvalue weighted by Gasteiger charge is 2.53. The molecule has 1 spiro atoms. The van der Waals surface area contributed by atoms with Crippen LogP contribution >= 0.6 is 0 Å². The summed E-state index contributed by atoms with van der Waals surface area (Å²) < 4.78 is 10.2. The molecule has 1 aromatic rings. The zero-order valence-electron chi connectivity index (χ0n) is 13.7. The summed E-state index contributed by atoms with van der Waals surface area (Å²) in [4.78, 5) is 43.4. The van der Waals surface area contributed by atoms with Crippen LogP contribution in [0.3, 0.4) is 0 Å². The molecule has 0 aromatic carbocycles. The van der Waals surface area contributed by atoms with Gasteiger partial charge in [0.1, 0.15) is 11.8 Å². The van der Waals surface area contributed by atoms with Gasteiger partial charge in [0.15, 0.2) is 5.69 Å². The standard InChI is InChI=1S/C15H20N4O5/c1-3-19-13(22)17-12(21)15(19)5-7-18(8-6-15)14-16-10(9-24-14)11(20)23-4-2/h9H,3-8H2,1-2H3,(H,17,21,22). The van der Waals surface area contributed by atoms with Gasteiger partial charge in [-0.1, -0.05) is 0 Å². The van der Waals surface area contributed by atoms with Gasteiger partial charge in [-0.25, -0.2) is 9.59 Å². The number of carbonyl (C=O) groups excluding carboxylic acids is 3. The largest absolute Gasteiger partial charge is 0.461 e. The highest BCUT2D eigenvalue weighted by Crippen LogP contribution is 2.34. The van der Waals surface area contributed by atoms with Crippen LogP contribution in [0.5, 0.6) is 0 Å². The van der Waals surface area contributed by atoms with E-state index in [4.69, 9.17) is 9.15 Å². The van der Waals surface area contributed by atoms with E-state index >= 15 is 0 Å². The molecule has 3 rings (SSSR count). The molecule has 0 atom stereocenters. The van der Waals surface area contributed by atoms with Crippen molar-refractivity contribution in [1.82, 2.24) is 15.2 Å². The van der Waals surface area contributed by atoms with Crippen LogP contribution < -0.4 is 10.2 Å². The molecule has 1 N–H and O–H groups in total. The number of esters is 1. The van der Waals surface area contributed by atoms with E-state index in [1.807, 2.05) is 11.8 Å². The quantitative estimate of drug-likeness (QED) is 0.639. The van der Waals surface area contributed by atoms with Crippen molar-refractivity contribution in [2.75, 3.05) is 31.1 Å². The molecule has 0 unspecified atom stereocenters. The van der Waals surface area contributed by atoms with Crippen LogP contribution in [0.4, 0.5) is 10.8 Å². The first-order chi connectivity index (χ1) is 11.5. The van der Waals surface area contributed by atoms with E-state index in [-0.39, 0.29) is 24.2 Å². The molecule has 1 aromatic heterocycles. The summed E-state index contributed by atoms with van der Waals surface area (Å²) in [7, 11) is 0. The molecule has 3 amide bonds. The number of imide groups is 1. The monoisotopic (exact) mass is 336 g/mol. The van der Waals surface area contributed by atoms with Crippen LogP contribution in [0.1, 0.15) is 37.2 Å². The number of oxazole rings is 1. The number of carbonyl (C=O) groups is 3. The molecule has 24 heavy (non-hydrogen) atoms. The number of hydrogen-bond donors (Lipinski definition) is 1. The molecule has 3 heterocycles. The zero-order valence-corrected chi connectivity index (χ0v) is 13.7. The number of ether oxygens (including phenoxy) is 1. The van der Waals surface area contributed by atoms with Crippen molar-refractivity contribution < 1.29 is 23.5 Å². The fraction of sp³-hybridized carbons (Fsp3) is 0.600. The summed E-state index contributed by atoms with van der Waals surface area (Å²) in [6.07, 6.45) is 2.23. The topological polar surface area (TPSA) is 105 Å². The summed E-state index contributed by atoms with van der Waals surface area (Å²) in [6.45, 7) is 5.31. The van der Waals surface area contributed by atoms with Crippen molar-refractivity contribution in [2.24, 2.45) is 0 Å². The lowest BCUT2D eigenvalue weighted by molar-refractivity contribution is -0.127. The maximum atomic E-state index is 12.2. The number of piperidine rings is 1. The van der Waals surface area contributed by atoms with Crippen molar-refractivity contribution in [3.63, 3.8) is 0 Å². The summed E-state index contributed by atoms with van der Waals surface area (Å²) >= 11 is 0. The van der Waals surface area contributed by atoms with Gasteiger partial charge in [-0.3, -0.25) is 10.1 Å². The predicted molar refractivity (Wildman–Crippen MR) is 82.6 cm³/mol. The molecule has 0 aliphatic carbocycles. The molecule has 130 valence electrons. The van der Waals surface area contributed by atoms with Gasteiger partial charge in [0.05, 0.1) is 6.61 Å². The van der Waals surface area contributed by atoms with Crippen molar-refractivity contribution >= 4 is 23.9 Å². The Morgan fingerprint density at radius 2 is 2.08 bits per heavy atom. The van der Waals surface area contributed by atoms with Crippen molar-refractivity contribution in [3.05, 3.63) is 12.0 Å². The van der Waals surface area contributed by atoms with Crippen molar-refractivity contribution in [1.29, 1.82) is 0 Å². The Hall–Kier alpha value is -2.58. The number of nitrogens with zero attached hydrogens (tertiary/aromatic N) is 3. The number of hydrogen-bond acceptors (Lipinski definition) is 7. The van der Waals surface area contributed by atoms with Gasteiger partial charge < -0.3 is 19.0 Å². The number of amides is 3. The molecule has 0 saturated carbocycles. The molecule has 2 aliphatic heterocycles. The van der Waals surface area contributed by atoms with Gasteiger partial charge in [0.25, 0.3) is 11.9 Å². The third kappa shape index (κ3) is 2.49. The third-order valence-corrected chi connectivity index (χ3v) is 4.56. The second kappa shape index (κ2) is 6.14. The average Bonchev–Trinajstić information content (AvgIpc) is 3.13. The molecule has 0 bridgehead atoms. The summed E-state index contributed by atoms with van der Waals surface area (Å²) in [5.41, 5.74) is -0.671. The Bertz CT molecular complexity index is 663. The number of anilines is 1. The summed E-state index contributed by atoms with van der Waals surface area (Å²) in [5.74, 6) is -0.771. The number of aromatic nitrogens is 1. The molecule has 0 radical (unpaired) electrons. The first-order valence-corrected chi connectivity index (χ1v) is 8.02. The minimum Gasteiger partial charge on any atom is -0.461 e. The van der Waals surface area contributed by atoms with Gasteiger partial charge in [0.2, 0.25) is 0 Å². The average molecular weight is 336 g/mol. The van der Waals surface area contributed by atoms with Gasteiger partial charge in [-0.15, -0.1) is 0 Å². The van der Waals surface area contributed by atoms with E-state index in [1.165, 1.54) is 6.26 Å². The smallest absolute Gasteiger partial charge is 0.360 e. The van der Waals surface area contributed by atoms with Gasteiger partial charge in [0, 0.05) is 19.6 Å². The second-order valence-electron chi connectivity index (χ2n) is 5.76. The third-order valence-electron chi connectivity index (χ3n) is 4.56. The minimum absolute atomic E-state index is 0.121. The Kier molecular flexibility index (Phi) is 4.16.